The Kier molecular flexibility index (Phi) is 5.11. The Labute approximate surface area is 142 Å². The van der Waals surface area contributed by atoms with Crippen LogP contribution in [0, 0.1) is 22.7 Å². The number of β-amino-alcohol motifs (C(OH)–C–C–N with tert-alkyl or cyclic N) is 1. The van der Waals surface area contributed by atoms with E-state index in [-0.39, 0.29) is 6.10 Å². The number of aliphatic hydroxyl groups excluding tert-OH is 1. The molecular formula is C20H37NO2. The summed E-state index contributed by atoms with van der Waals surface area (Å²) in [5, 5.41) is 10.3. The highest BCUT2D eigenvalue weighted by Gasteiger charge is 2.61. The van der Waals surface area contributed by atoms with Gasteiger partial charge < -0.3 is 14.7 Å². The van der Waals surface area contributed by atoms with Crippen molar-refractivity contribution < 1.29 is 9.84 Å². The Balaban J connectivity index is 1.39. The third kappa shape index (κ3) is 3.34. The molecule has 0 radical (unpaired) electrons. The van der Waals surface area contributed by atoms with Crippen LogP contribution in [0.15, 0.2) is 0 Å². The maximum absolute atomic E-state index is 10.3. The Morgan fingerprint density at radius 1 is 1.17 bits per heavy atom. The molecule has 1 heterocycles. The van der Waals surface area contributed by atoms with E-state index in [1.165, 1.54) is 32.1 Å². The maximum atomic E-state index is 10.3. The predicted molar refractivity (Wildman–Crippen MR) is 94.4 cm³/mol. The number of rotatable bonds is 6. The Hall–Kier alpha value is -0.120. The summed E-state index contributed by atoms with van der Waals surface area (Å²) < 4.78 is 6.27. The molecule has 4 atom stereocenters. The monoisotopic (exact) mass is 323 g/mol. The first-order chi connectivity index (χ1) is 10.8. The largest absolute Gasteiger partial charge is 0.392 e. The number of fused-ring (bicyclic) bond motifs is 2. The maximum Gasteiger partial charge on any atom is 0.0689 e. The summed E-state index contributed by atoms with van der Waals surface area (Å²) in [6.07, 6.45) is 7.42. The summed E-state index contributed by atoms with van der Waals surface area (Å²) in [5.41, 5.74) is 0.756. The van der Waals surface area contributed by atoms with Crippen molar-refractivity contribution in [2.75, 3.05) is 26.2 Å². The van der Waals surface area contributed by atoms with Gasteiger partial charge in [0, 0.05) is 13.2 Å². The summed E-state index contributed by atoms with van der Waals surface area (Å²) >= 11 is 0. The van der Waals surface area contributed by atoms with E-state index in [0.29, 0.717) is 23.5 Å². The quantitative estimate of drug-likeness (QED) is 0.809. The number of ether oxygens (including phenoxy) is 1. The van der Waals surface area contributed by atoms with Crippen molar-refractivity contribution in [1.82, 2.24) is 4.90 Å². The van der Waals surface area contributed by atoms with E-state index in [1.807, 2.05) is 0 Å². The van der Waals surface area contributed by atoms with Crippen LogP contribution in [0.3, 0.4) is 0 Å². The molecule has 0 aromatic heterocycles. The Morgan fingerprint density at radius 3 is 2.43 bits per heavy atom. The zero-order valence-electron chi connectivity index (χ0n) is 15.7. The van der Waals surface area contributed by atoms with Crippen LogP contribution >= 0.6 is 0 Å². The number of aliphatic hydroxyl groups is 1. The van der Waals surface area contributed by atoms with Gasteiger partial charge in [-0.15, -0.1) is 0 Å². The van der Waals surface area contributed by atoms with Crippen LogP contribution in [0.25, 0.3) is 0 Å². The second kappa shape index (κ2) is 6.65. The van der Waals surface area contributed by atoms with Crippen molar-refractivity contribution in [3.05, 3.63) is 0 Å². The van der Waals surface area contributed by atoms with Crippen molar-refractivity contribution in [2.24, 2.45) is 22.7 Å². The number of hydrogen-bond acceptors (Lipinski definition) is 3. The lowest BCUT2D eigenvalue weighted by Gasteiger charge is -2.39. The fourth-order valence-corrected chi connectivity index (χ4v) is 5.36. The van der Waals surface area contributed by atoms with E-state index < -0.39 is 0 Å². The van der Waals surface area contributed by atoms with Crippen molar-refractivity contribution in [3.63, 3.8) is 0 Å². The standard InChI is InChI=1S/C20H37NO2/c1-15-6-10-21(11-7-15)14-17(22)8-12-23-18-13-16-5-9-20(18,4)19(16,2)3/h15-18,22H,5-14H2,1-4H3/t16-,17-,18+,20-/m0/s1. The number of likely N-dealkylation sites (tertiary alicyclic amines) is 1. The van der Waals surface area contributed by atoms with Crippen molar-refractivity contribution >= 4 is 0 Å². The summed E-state index contributed by atoms with van der Waals surface area (Å²) in [7, 11) is 0. The molecule has 1 N–H and O–H groups in total. The minimum Gasteiger partial charge on any atom is -0.392 e. The lowest BCUT2D eigenvalue weighted by atomic mass is 9.70. The van der Waals surface area contributed by atoms with Crippen molar-refractivity contribution in [3.8, 4) is 0 Å². The molecule has 3 aliphatic rings. The molecule has 3 rings (SSSR count). The van der Waals surface area contributed by atoms with Crippen LogP contribution in [-0.4, -0.2) is 48.5 Å². The Morgan fingerprint density at radius 2 is 1.87 bits per heavy atom. The van der Waals surface area contributed by atoms with E-state index in [4.69, 9.17) is 4.74 Å². The van der Waals surface area contributed by atoms with Gasteiger partial charge in [0.1, 0.15) is 0 Å². The van der Waals surface area contributed by atoms with Gasteiger partial charge in [-0.3, -0.25) is 0 Å². The zero-order chi connectivity index (χ0) is 16.7. The SMILES string of the molecule is CC1CCN(C[C@@H](O)CCO[C@@H]2C[C@@H]3CC[C@]2(C)C3(C)C)CC1. The van der Waals surface area contributed by atoms with E-state index >= 15 is 0 Å². The highest BCUT2D eigenvalue weighted by Crippen LogP contribution is 2.66. The van der Waals surface area contributed by atoms with Gasteiger partial charge in [0.15, 0.2) is 0 Å². The molecule has 3 fully saturated rings. The average Bonchev–Trinajstić information content (AvgIpc) is 2.83. The topological polar surface area (TPSA) is 32.7 Å². The highest BCUT2D eigenvalue weighted by atomic mass is 16.5. The Bertz CT molecular complexity index is 402. The van der Waals surface area contributed by atoms with Gasteiger partial charge in [-0.05, 0) is 74.3 Å². The van der Waals surface area contributed by atoms with Gasteiger partial charge in [-0.25, -0.2) is 0 Å². The van der Waals surface area contributed by atoms with Crippen LogP contribution in [0.2, 0.25) is 0 Å². The van der Waals surface area contributed by atoms with Crippen LogP contribution in [0.5, 0.6) is 0 Å². The zero-order valence-corrected chi connectivity index (χ0v) is 15.7. The molecule has 0 aromatic rings. The van der Waals surface area contributed by atoms with Crippen LogP contribution in [0.4, 0.5) is 0 Å². The molecule has 3 nitrogen and oxygen atoms in total. The molecular weight excluding hydrogens is 286 g/mol. The van der Waals surface area contributed by atoms with Gasteiger partial charge in [0.05, 0.1) is 12.2 Å². The molecule has 2 aliphatic carbocycles. The van der Waals surface area contributed by atoms with E-state index in [0.717, 1.165) is 37.9 Å². The second-order valence-corrected chi connectivity index (χ2v) is 9.40. The molecule has 2 bridgehead atoms. The molecule has 134 valence electrons. The van der Waals surface area contributed by atoms with Gasteiger partial charge >= 0.3 is 0 Å². The van der Waals surface area contributed by atoms with Crippen LogP contribution in [-0.2, 0) is 4.74 Å². The molecule has 23 heavy (non-hydrogen) atoms. The lowest BCUT2D eigenvalue weighted by Crippen LogP contribution is -2.40. The van der Waals surface area contributed by atoms with Crippen LogP contribution < -0.4 is 0 Å². The fourth-order valence-electron chi connectivity index (χ4n) is 5.36. The minimum absolute atomic E-state index is 0.234. The molecule has 0 aromatic carbocycles. The van der Waals surface area contributed by atoms with Gasteiger partial charge in [-0.2, -0.15) is 0 Å². The minimum atomic E-state index is -0.234. The molecule has 3 heteroatoms. The lowest BCUT2D eigenvalue weighted by molar-refractivity contribution is -0.0568. The first-order valence-electron chi connectivity index (χ1n) is 9.85. The third-order valence-corrected chi connectivity index (χ3v) is 7.83. The molecule has 1 saturated heterocycles. The summed E-state index contributed by atoms with van der Waals surface area (Å²) in [5.74, 6) is 1.69. The van der Waals surface area contributed by atoms with Gasteiger partial charge in [-0.1, -0.05) is 27.7 Å². The molecule has 1 aliphatic heterocycles. The van der Waals surface area contributed by atoms with E-state index in [9.17, 15) is 5.11 Å². The number of hydrogen-bond donors (Lipinski definition) is 1. The normalized spacial score (nSPS) is 39.0. The van der Waals surface area contributed by atoms with E-state index in [1.54, 1.807) is 0 Å². The van der Waals surface area contributed by atoms with Gasteiger partial charge in [0.25, 0.3) is 0 Å². The summed E-state index contributed by atoms with van der Waals surface area (Å²) in [6.45, 7) is 13.5. The fraction of sp³-hybridized carbons (Fsp3) is 1.00. The summed E-state index contributed by atoms with van der Waals surface area (Å²) in [6, 6.07) is 0. The molecule has 2 saturated carbocycles. The van der Waals surface area contributed by atoms with Gasteiger partial charge in [0.2, 0.25) is 0 Å². The van der Waals surface area contributed by atoms with E-state index in [2.05, 4.69) is 32.6 Å². The van der Waals surface area contributed by atoms with Crippen LogP contribution in [0.1, 0.15) is 66.2 Å². The second-order valence-electron chi connectivity index (χ2n) is 9.40. The predicted octanol–water partition coefficient (Wildman–Crippen LogP) is 3.70. The average molecular weight is 324 g/mol. The number of piperidine rings is 1. The first-order valence-corrected chi connectivity index (χ1v) is 9.85. The van der Waals surface area contributed by atoms with Crippen molar-refractivity contribution in [1.29, 1.82) is 0 Å². The summed E-state index contributed by atoms with van der Waals surface area (Å²) in [4.78, 5) is 2.42. The van der Waals surface area contributed by atoms with Crippen molar-refractivity contribution in [2.45, 2.75) is 78.4 Å². The molecule has 0 unspecified atom stereocenters. The smallest absolute Gasteiger partial charge is 0.0689 e. The molecule has 0 amide bonds. The first kappa shape index (κ1) is 17.7. The number of nitrogens with zero attached hydrogens (tertiary/aromatic N) is 1. The molecule has 0 spiro atoms. The third-order valence-electron chi connectivity index (χ3n) is 7.83. The highest BCUT2D eigenvalue weighted by molar-refractivity contribution is 5.11.